The van der Waals surface area contributed by atoms with Gasteiger partial charge in [-0.05, 0) is 18.4 Å². The number of allylic oxidation sites excluding steroid dienone is 1. The molecule has 1 rings (SSSR count). The average molecular weight is 244 g/mol. The Bertz CT molecular complexity index is 404. The first-order valence-corrected chi connectivity index (χ1v) is 6.30. The van der Waals surface area contributed by atoms with Crippen LogP contribution >= 0.6 is 0 Å². The molecule has 0 aliphatic rings. The number of esters is 1. The third kappa shape index (κ3) is 5.48. The van der Waals surface area contributed by atoms with E-state index >= 15 is 0 Å². The van der Waals surface area contributed by atoms with Crippen molar-refractivity contribution in [1.82, 2.24) is 0 Å². The maximum Gasteiger partial charge on any atom is 0.333 e. The summed E-state index contributed by atoms with van der Waals surface area (Å²) in [6, 6.07) is 9.96. The van der Waals surface area contributed by atoms with Crippen molar-refractivity contribution in [2.24, 2.45) is 0 Å². The van der Waals surface area contributed by atoms with Crippen LogP contribution in [0.5, 0.6) is 0 Å². The Hall–Kier alpha value is -1.83. The monoisotopic (exact) mass is 244 g/mol. The number of carbonyl (C=O) groups is 1. The molecule has 0 saturated carbocycles. The van der Waals surface area contributed by atoms with Crippen LogP contribution in [-0.4, -0.2) is 12.6 Å². The van der Waals surface area contributed by atoms with Gasteiger partial charge in [0, 0.05) is 5.57 Å². The van der Waals surface area contributed by atoms with Gasteiger partial charge in [-0.1, -0.05) is 62.4 Å². The van der Waals surface area contributed by atoms with Crippen LogP contribution in [0.15, 0.2) is 48.6 Å². The summed E-state index contributed by atoms with van der Waals surface area (Å²) in [7, 11) is 0. The van der Waals surface area contributed by atoms with Crippen molar-refractivity contribution in [3.8, 4) is 0 Å². The zero-order valence-electron chi connectivity index (χ0n) is 10.9. The highest BCUT2D eigenvalue weighted by atomic mass is 16.5. The van der Waals surface area contributed by atoms with Gasteiger partial charge in [0.05, 0.1) is 6.61 Å². The topological polar surface area (TPSA) is 26.3 Å². The Morgan fingerprint density at radius 2 is 2.06 bits per heavy atom. The lowest BCUT2D eigenvalue weighted by Gasteiger charge is -2.04. The highest BCUT2D eigenvalue weighted by molar-refractivity contribution is 5.88. The Kier molecular flexibility index (Phi) is 6.55. The molecule has 0 aliphatic carbocycles. The SMILES string of the molecule is C=C(CC=Cc1ccccc1)C(=O)OCCCC. The fourth-order valence-corrected chi connectivity index (χ4v) is 1.40. The van der Waals surface area contributed by atoms with Gasteiger partial charge < -0.3 is 4.74 Å². The van der Waals surface area contributed by atoms with E-state index in [0.717, 1.165) is 18.4 Å². The van der Waals surface area contributed by atoms with Crippen LogP contribution in [0.4, 0.5) is 0 Å². The summed E-state index contributed by atoms with van der Waals surface area (Å²) in [5.74, 6) is -0.291. The predicted octanol–water partition coefficient (Wildman–Crippen LogP) is 3.99. The highest BCUT2D eigenvalue weighted by Gasteiger charge is 2.05. The summed E-state index contributed by atoms with van der Waals surface area (Å²) in [4.78, 5) is 11.5. The molecule has 0 bridgehead atoms. The second-order valence-electron chi connectivity index (χ2n) is 4.11. The largest absolute Gasteiger partial charge is 0.462 e. The minimum Gasteiger partial charge on any atom is -0.462 e. The zero-order chi connectivity index (χ0) is 13.2. The van der Waals surface area contributed by atoms with Crippen LogP contribution < -0.4 is 0 Å². The van der Waals surface area contributed by atoms with Crippen LogP contribution in [-0.2, 0) is 9.53 Å². The molecule has 2 heteroatoms. The van der Waals surface area contributed by atoms with Gasteiger partial charge in [-0.2, -0.15) is 0 Å². The summed E-state index contributed by atoms with van der Waals surface area (Å²) >= 11 is 0. The van der Waals surface area contributed by atoms with Gasteiger partial charge in [0.15, 0.2) is 0 Å². The second kappa shape index (κ2) is 8.29. The fraction of sp³-hybridized carbons (Fsp3) is 0.312. The average Bonchev–Trinajstić information content (AvgIpc) is 2.40. The molecule has 0 spiro atoms. The number of unbranched alkanes of at least 4 members (excludes halogenated alkanes) is 1. The lowest BCUT2D eigenvalue weighted by molar-refractivity contribution is -0.139. The van der Waals surface area contributed by atoms with Crippen molar-refractivity contribution >= 4 is 12.0 Å². The van der Waals surface area contributed by atoms with Gasteiger partial charge in [0.2, 0.25) is 0 Å². The number of rotatable bonds is 7. The number of hydrogen-bond donors (Lipinski definition) is 0. The predicted molar refractivity (Wildman–Crippen MR) is 75.1 cm³/mol. The fourth-order valence-electron chi connectivity index (χ4n) is 1.40. The van der Waals surface area contributed by atoms with Gasteiger partial charge in [0.1, 0.15) is 0 Å². The molecule has 0 N–H and O–H groups in total. The summed E-state index contributed by atoms with van der Waals surface area (Å²) < 4.78 is 5.07. The number of hydrogen-bond acceptors (Lipinski definition) is 2. The third-order valence-corrected chi connectivity index (χ3v) is 2.49. The minimum absolute atomic E-state index is 0.291. The molecule has 18 heavy (non-hydrogen) atoms. The summed E-state index contributed by atoms with van der Waals surface area (Å²) in [6.07, 6.45) is 6.36. The van der Waals surface area contributed by atoms with Gasteiger partial charge in [-0.15, -0.1) is 0 Å². The molecule has 0 atom stereocenters. The zero-order valence-corrected chi connectivity index (χ0v) is 10.9. The van der Waals surface area contributed by atoms with Crippen LogP contribution in [0.1, 0.15) is 31.7 Å². The minimum atomic E-state index is -0.291. The molecule has 1 aromatic rings. The van der Waals surface area contributed by atoms with E-state index in [1.165, 1.54) is 0 Å². The summed E-state index contributed by atoms with van der Waals surface area (Å²) in [5.41, 5.74) is 1.61. The standard InChI is InChI=1S/C16H20O2/c1-3-4-13-18-16(17)14(2)9-8-12-15-10-6-5-7-11-15/h5-8,10-12H,2-4,9,13H2,1H3. The Morgan fingerprint density at radius 3 is 2.72 bits per heavy atom. The van der Waals surface area contributed by atoms with Gasteiger partial charge in [-0.3, -0.25) is 0 Å². The molecular formula is C16H20O2. The number of ether oxygens (including phenoxy) is 1. The first kappa shape index (κ1) is 14.2. The number of carbonyl (C=O) groups excluding carboxylic acids is 1. The van der Waals surface area contributed by atoms with Gasteiger partial charge in [0.25, 0.3) is 0 Å². The Labute approximate surface area is 109 Å². The van der Waals surface area contributed by atoms with E-state index < -0.39 is 0 Å². The molecule has 1 aromatic carbocycles. The molecule has 0 amide bonds. The summed E-state index contributed by atoms with van der Waals surface area (Å²) in [5, 5.41) is 0. The maximum atomic E-state index is 11.5. The van der Waals surface area contributed by atoms with Crippen molar-refractivity contribution in [3.05, 3.63) is 54.1 Å². The molecule has 0 unspecified atom stereocenters. The molecule has 0 radical (unpaired) electrons. The quantitative estimate of drug-likeness (QED) is 0.412. The lowest BCUT2D eigenvalue weighted by Crippen LogP contribution is -2.07. The molecule has 0 aromatic heterocycles. The van der Waals surface area contributed by atoms with E-state index in [9.17, 15) is 4.79 Å². The van der Waals surface area contributed by atoms with E-state index in [4.69, 9.17) is 4.74 Å². The normalized spacial score (nSPS) is 10.5. The molecule has 96 valence electrons. The van der Waals surface area contributed by atoms with E-state index in [2.05, 4.69) is 13.5 Å². The maximum absolute atomic E-state index is 11.5. The van der Waals surface area contributed by atoms with Gasteiger partial charge >= 0.3 is 5.97 Å². The van der Waals surface area contributed by atoms with Crippen LogP contribution in [0.2, 0.25) is 0 Å². The molecule has 0 aliphatic heterocycles. The van der Waals surface area contributed by atoms with Crippen molar-refractivity contribution in [2.75, 3.05) is 6.61 Å². The highest BCUT2D eigenvalue weighted by Crippen LogP contribution is 2.07. The van der Waals surface area contributed by atoms with E-state index in [0.29, 0.717) is 18.6 Å². The van der Waals surface area contributed by atoms with Crippen molar-refractivity contribution in [1.29, 1.82) is 0 Å². The molecular weight excluding hydrogens is 224 g/mol. The molecule has 0 fully saturated rings. The second-order valence-corrected chi connectivity index (χ2v) is 4.11. The van der Waals surface area contributed by atoms with Crippen molar-refractivity contribution in [3.63, 3.8) is 0 Å². The van der Waals surface area contributed by atoms with E-state index in [1.807, 2.05) is 42.5 Å². The van der Waals surface area contributed by atoms with Crippen LogP contribution in [0.3, 0.4) is 0 Å². The first-order valence-electron chi connectivity index (χ1n) is 6.30. The van der Waals surface area contributed by atoms with Crippen molar-refractivity contribution in [2.45, 2.75) is 26.2 Å². The first-order chi connectivity index (χ1) is 8.74. The molecule has 0 heterocycles. The van der Waals surface area contributed by atoms with E-state index in [1.54, 1.807) is 0 Å². The smallest absolute Gasteiger partial charge is 0.333 e. The summed E-state index contributed by atoms with van der Waals surface area (Å²) in [6.45, 7) is 6.28. The van der Waals surface area contributed by atoms with Crippen LogP contribution in [0.25, 0.3) is 6.08 Å². The third-order valence-electron chi connectivity index (χ3n) is 2.49. The lowest BCUT2D eigenvalue weighted by atomic mass is 10.1. The Balaban J connectivity index is 2.32. The Morgan fingerprint density at radius 1 is 1.33 bits per heavy atom. The molecule has 2 nitrogen and oxygen atoms in total. The number of benzene rings is 1. The molecule has 0 saturated heterocycles. The van der Waals surface area contributed by atoms with Crippen LogP contribution in [0, 0.1) is 0 Å². The van der Waals surface area contributed by atoms with Crippen molar-refractivity contribution < 1.29 is 9.53 Å². The van der Waals surface area contributed by atoms with Gasteiger partial charge in [-0.25, -0.2) is 4.79 Å². The van der Waals surface area contributed by atoms with E-state index in [-0.39, 0.29) is 5.97 Å².